The van der Waals surface area contributed by atoms with E-state index in [1.807, 2.05) is 24.3 Å². The third-order valence-corrected chi connectivity index (χ3v) is 1.88. The van der Waals surface area contributed by atoms with Crippen molar-refractivity contribution in [3.8, 4) is 0 Å². The van der Waals surface area contributed by atoms with Crippen LogP contribution >= 0.6 is 0 Å². The number of hydrogen-bond acceptors (Lipinski definition) is 2. The number of hydrogen-bond donors (Lipinski definition) is 2. The van der Waals surface area contributed by atoms with Crippen LogP contribution in [0.3, 0.4) is 0 Å². The van der Waals surface area contributed by atoms with Gasteiger partial charge in [-0.1, -0.05) is 24.3 Å². The molecule has 0 bridgehead atoms. The lowest BCUT2D eigenvalue weighted by molar-refractivity contribution is 0.192. The minimum atomic E-state index is -0.469. The molecule has 0 aliphatic carbocycles. The molecular weight excluding hydrogens is 152 g/mol. The molecule has 66 valence electrons. The monoisotopic (exact) mass is 166 g/mol. The van der Waals surface area contributed by atoms with E-state index in [1.54, 1.807) is 13.8 Å². The van der Waals surface area contributed by atoms with Crippen LogP contribution in [0, 0.1) is 0 Å². The highest BCUT2D eigenvalue weighted by atomic mass is 16.3. The smallest absolute Gasteiger partial charge is 0.0762 e. The Morgan fingerprint density at radius 3 is 1.75 bits per heavy atom. The zero-order valence-corrected chi connectivity index (χ0v) is 7.36. The van der Waals surface area contributed by atoms with Crippen LogP contribution in [-0.2, 0) is 0 Å². The van der Waals surface area contributed by atoms with Gasteiger partial charge in [0.1, 0.15) is 0 Å². The van der Waals surface area contributed by atoms with Gasteiger partial charge in [0.05, 0.1) is 12.2 Å². The number of rotatable bonds is 2. The van der Waals surface area contributed by atoms with Gasteiger partial charge in [-0.15, -0.1) is 0 Å². The first-order chi connectivity index (χ1) is 5.61. The van der Waals surface area contributed by atoms with E-state index in [-0.39, 0.29) is 0 Å². The molecule has 0 amide bonds. The SMILES string of the molecule is C[C@H](O)c1cccc([C@H](C)O)c1. The first-order valence-corrected chi connectivity index (χ1v) is 4.07. The maximum absolute atomic E-state index is 9.25. The molecule has 0 saturated heterocycles. The van der Waals surface area contributed by atoms with Gasteiger partial charge in [-0.2, -0.15) is 0 Å². The molecule has 0 unspecified atom stereocenters. The molecule has 1 aromatic rings. The summed E-state index contributed by atoms with van der Waals surface area (Å²) < 4.78 is 0. The number of benzene rings is 1. The third-order valence-electron chi connectivity index (χ3n) is 1.88. The number of aliphatic hydroxyl groups is 2. The average Bonchev–Trinajstić information content (AvgIpc) is 2.04. The zero-order chi connectivity index (χ0) is 9.14. The molecule has 0 heterocycles. The van der Waals surface area contributed by atoms with Gasteiger partial charge in [0.25, 0.3) is 0 Å². The Labute approximate surface area is 72.5 Å². The highest BCUT2D eigenvalue weighted by Gasteiger charge is 2.04. The van der Waals surface area contributed by atoms with Crippen LogP contribution in [0.5, 0.6) is 0 Å². The second-order valence-electron chi connectivity index (χ2n) is 3.02. The Kier molecular flexibility index (Phi) is 2.84. The largest absolute Gasteiger partial charge is 0.389 e. The summed E-state index contributed by atoms with van der Waals surface area (Å²) in [7, 11) is 0. The van der Waals surface area contributed by atoms with Gasteiger partial charge in [-0.3, -0.25) is 0 Å². The van der Waals surface area contributed by atoms with Gasteiger partial charge in [0, 0.05) is 0 Å². The van der Waals surface area contributed by atoms with Crippen LogP contribution in [0.15, 0.2) is 24.3 Å². The quantitative estimate of drug-likeness (QED) is 0.703. The van der Waals surface area contributed by atoms with E-state index in [9.17, 15) is 10.2 Å². The Morgan fingerprint density at radius 2 is 1.42 bits per heavy atom. The van der Waals surface area contributed by atoms with Crippen molar-refractivity contribution in [2.75, 3.05) is 0 Å². The van der Waals surface area contributed by atoms with Crippen LogP contribution in [0.25, 0.3) is 0 Å². The van der Waals surface area contributed by atoms with Gasteiger partial charge in [-0.05, 0) is 25.0 Å². The average molecular weight is 166 g/mol. The van der Waals surface area contributed by atoms with Crippen molar-refractivity contribution >= 4 is 0 Å². The number of aliphatic hydroxyl groups excluding tert-OH is 2. The predicted octanol–water partition coefficient (Wildman–Crippen LogP) is 1.79. The molecule has 0 aliphatic heterocycles. The zero-order valence-electron chi connectivity index (χ0n) is 7.36. The Hall–Kier alpha value is -0.860. The van der Waals surface area contributed by atoms with Crippen molar-refractivity contribution < 1.29 is 10.2 Å². The first-order valence-electron chi connectivity index (χ1n) is 4.07. The molecule has 0 fully saturated rings. The Balaban J connectivity index is 2.96. The molecule has 12 heavy (non-hydrogen) atoms. The molecule has 2 heteroatoms. The van der Waals surface area contributed by atoms with Gasteiger partial charge in [0.15, 0.2) is 0 Å². The van der Waals surface area contributed by atoms with E-state index in [1.165, 1.54) is 0 Å². The lowest BCUT2D eigenvalue weighted by atomic mass is 10.0. The second-order valence-corrected chi connectivity index (χ2v) is 3.02. The van der Waals surface area contributed by atoms with Crippen LogP contribution in [0.4, 0.5) is 0 Å². The van der Waals surface area contributed by atoms with E-state index in [4.69, 9.17) is 0 Å². The van der Waals surface area contributed by atoms with Crippen molar-refractivity contribution in [3.05, 3.63) is 35.4 Å². The summed E-state index contributed by atoms with van der Waals surface area (Å²) in [5.41, 5.74) is 1.68. The fourth-order valence-electron chi connectivity index (χ4n) is 1.08. The lowest BCUT2D eigenvalue weighted by Crippen LogP contribution is -1.95. The summed E-state index contributed by atoms with van der Waals surface area (Å²) >= 11 is 0. The minimum Gasteiger partial charge on any atom is -0.389 e. The van der Waals surface area contributed by atoms with Gasteiger partial charge in [-0.25, -0.2) is 0 Å². The van der Waals surface area contributed by atoms with Gasteiger partial charge >= 0.3 is 0 Å². The van der Waals surface area contributed by atoms with Crippen LogP contribution in [-0.4, -0.2) is 10.2 Å². The Bertz CT molecular complexity index is 231. The summed E-state index contributed by atoms with van der Waals surface area (Å²) in [6, 6.07) is 7.34. The van der Waals surface area contributed by atoms with E-state index < -0.39 is 12.2 Å². The normalized spacial score (nSPS) is 15.7. The van der Waals surface area contributed by atoms with E-state index in [0.717, 1.165) is 11.1 Å². The first kappa shape index (κ1) is 9.23. The third kappa shape index (κ3) is 2.06. The van der Waals surface area contributed by atoms with E-state index >= 15 is 0 Å². The van der Waals surface area contributed by atoms with Crippen LogP contribution in [0.1, 0.15) is 37.2 Å². The van der Waals surface area contributed by atoms with E-state index in [2.05, 4.69) is 0 Å². The summed E-state index contributed by atoms with van der Waals surface area (Å²) in [6.45, 7) is 3.42. The summed E-state index contributed by atoms with van der Waals surface area (Å²) in [5, 5.41) is 18.5. The maximum Gasteiger partial charge on any atom is 0.0762 e. The summed E-state index contributed by atoms with van der Waals surface area (Å²) in [5.74, 6) is 0. The van der Waals surface area contributed by atoms with Crippen LogP contribution in [0.2, 0.25) is 0 Å². The Morgan fingerprint density at radius 1 is 1.00 bits per heavy atom. The molecule has 0 aromatic heterocycles. The fraction of sp³-hybridized carbons (Fsp3) is 0.400. The van der Waals surface area contributed by atoms with Gasteiger partial charge in [0.2, 0.25) is 0 Å². The molecule has 0 radical (unpaired) electrons. The highest BCUT2D eigenvalue weighted by Crippen LogP contribution is 2.17. The summed E-state index contributed by atoms with van der Waals surface area (Å²) in [4.78, 5) is 0. The molecule has 0 spiro atoms. The minimum absolute atomic E-state index is 0.469. The molecule has 2 nitrogen and oxygen atoms in total. The molecule has 0 saturated carbocycles. The maximum atomic E-state index is 9.25. The standard InChI is InChI=1S/C10H14O2/c1-7(11)9-4-3-5-10(6-9)8(2)12/h3-8,11-12H,1-2H3/t7-,8-/m0/s1. The van der Waals surface area contributed by atoms with Crippen molar-refractivity contribution in [2.45, 2.75) is 26.1 Å². The van der Waals surface area contributed by atoms with Crippen molar-refractivity contribution in [1.29, 1.82) is 0 Å². The van der Waals surface area contributed by atoms with Gasteiger partial charge < -0.3 is 10.2 Å². The lowest BCUT2D eigenvalue weighted by Gasteiger charge is -2.08. The highest BCUT2D eigenvalue weighted by molar-refractivity contribution is 5.25. The van der Waals surface area contributed by atoms with E-state index in [0.29, 0.717) is 0 Å². The topological polar surface area (TPSA) is 40.5 Å². The molecule has 0 aliphatic rings. The molecule has 1 aromatic carbocycles. The molecule has 2 atom stereocenters. The molecule has 2 N–H and O–H groups in total. The predicted molar refractivity (Wildman–Crippen MR) is 47.7 cm³/mol. The summed E-state index contributed by atoms with van der Waals surface area (Å²) in [6.07, 6.45) is -0.938. The second kappa shape index (κ2) is 3.70. The van der Waals surface area contributed by atoms with Crippen molar-refractivity contribution in [2.24, 2.45) is 0 Å². The van der Waals surface area contributed by atoms with Crippen LogP contribution < -0.4 is 0 Å². The molecular formula is C10H14O2. The van der Waals surface area contributed by atoms with Crippen molar-refractivity contribution in [3.63, 3.8) is 0 Å². The van der Waals surface area contributed by atoms with Crippen molar-refractivity contribution in [1.82, 2.24) is 0 Å². The fourth-order valence-corrected chi connectivity index (χ4v) is 1.08. The molecule has 1 rings (SSSR count).